The predicted octanol–water partition coefficient (Wildman–Crippen LogP) is 1.44. The van der Waals surface area contributed by atoms with Gasteiger partial charge >= 0.3 is 0 Å². The Hall–Kier alpha value is -2.12. The van der Waals surface area contributed by atoms with Crippen molar-refractivity contribution in [2.75, 3.05) is 32.9 Å². The molecule has 2 aromatic heterocycles. The molecular weight excluding hydrogens is 308 g/mol. The molecule has 4 rings (SSSR count). The van der Waals surface area contributed by atoms with Gasteiger partial charge in [0.2, 0.25) is 0 Å². The molecule has 7 nitrogen and oxygen atoms in total. The van der Waals surface area contributed by atoms with Crippen molar-refractivity contribution in [1.82, 2.24) is 19.7 Å². The third-order valence-electron chi connectivity index (χ3n) is 4.88. The second-order valence-corrected chi connectivity index (χ2v) is 6.60. The van der Waals surface area contributed by atoms with Crippen LogP contribution in [0.4, 0.5) is 0 Å². The standard InChI is InChI=1S/C17H22N4O3/c1-20-5-2-13(11-20)14-10-15(19-18-14)16(22)21-6-9-24-17(12-21)3-7-23-8-4-17/h2,5,10-11H,3-4,6-9,12H2,1H3,(H,18,19). The van der Waals surface area contributed by atoms with Gasteiger partial charge in [-0.15, -0.1) is 0 Å². The Kier molecular flexibility index (Phi) is 3.90. The zero-order chi connectivity index (χ0) is 16.6. The van der Waals surface area contributed by atoms with E-state index in [1.54, 1.807) is 0 Å². The van der Waals surface area contributed by atoms with Crippen molar-refractivity contribution in [3.63, 3.8) is 0 Å². The lowest BCUT2D eigenvalue weighted by molar-refractivity contribution is -0.146. The normalized spacial score (nSPS) is 20.5. The average molecular weight is 330 g/mol. The summed E-state index contributed by atoms with van der Waals surface area (Å²) in [4.78, 5) is 14.7. The van der Waals surface area contributed by atoms with E-state index in [9.17, 15) is 4.79 Å². The molecule has 0 atom stereocenters. The molecule has 1 amide bonds. The lowest BCUT2D eigenvalue weighted by atomic mass is 9.92. The summed E-state index contributed by atoms with van der Waals surface area (Å²) in [6.07, 6.45) is 5.63. The highest BCUT2D eigenvalue weighted by Crippen LogP contribution is 2.29. The summed E-state index contributed by atoms with van der Waals surface area (Å²) in [6, 6.07) is 3.81. The van der Waals surface area contributed by atoms with Crippen molar-refractivity contribution in [2.45, 2.75) is 18.4 Å². The highest BCUT2D eigenvalue weighted by Gasteiger charge is 2.40. The van der Waals surface area contributed by atoms with Gasteiger partial charge in [-0.1, -0.05) is 0 Å². The Morgan fingerprint density at radius 2 is 2.17 bits per heavy atom. The maximum Gasteiger partial charge on any atom is 0.272 e. The van der Waals surface area contributed by atoms with Gasteiger partial charge in [0.1, 0.15) is 5.69 Å². The zero-order valence-corrected chi connectivity index (χ0v) is 13.8. The number of morpholine rings is 1. The van der Waals surface area contributed by atoms with Crippen LogP contribution in [0.1, 0.15) is 23.3 Å². The molecule has 1 N–H and O–H groups in total. The van der Waals surface area contributed by atoms with Gasteiger partial charge in [-0.05, 0) is 12.1 Å². The van der Waals surface area contributed by atoms with Crippen LogP contribution in [-0.4, -0.2) is 64.1 Å². The molecule has 2 saturated heterocycles. The molecule has 0 bridgehead atoms. The highest BCUT2D eigenvalue weighted by atomic mass is 16.5. The second kappa shape index (κ2) is 6.07. The smallest absolute Gasteiger partial charge is 0.272 e. The minimum absolute atomic E-state index is 0.0150. The number of hydrogen-bond donors (Lipinski definition) is 1. The number of carbonyl (C=O) groups is 1. The van der Waals surface area contributed by atoms with Crippen molar-refractivity contribution in [1.29, 1.82) is 0 Å². The predicted molar refractivity (Wildman–Crippen MR) is 87.6 cm³/mol. The van der Waals surface area contributed by atoms with E-state index >= 15 is 0 Å². The fourth-order valence-electron chi connectivity index (χ4n) is 3.47. The lowest BCUT2D eigenvalue weighted by Gasteiger charge is -2.44. The summed E-state index contributed by atoms with van der Waals surface area (Å²) >= 11 is 0. The number of aryl methyl sites for hydroxylation is 1. The average Bonchev–Trinajstić information content (AvgIpc) is 3.24. The van der Waals surface area contributed by atoms with E-state index in [2.05, 4.69) is 10.2 Å². The number of amides is 1. The van der Waals surface area contributed by atoms with Crippen LogP contribution in [0.5, 0.6) is 0 Å². The minimum Gasteiger partial charge on any atom is -0.381 e. The molecular formula is C17H22N4O3. The van der Waals surface area contributed by atoms with Gasteiger partial charge in [0.05, 0.1) is 24.4 Å². The molecule has 2 aliphatic rings. The van der Waals surface area contributed by atoms with Crippen LogP contribution in [0, 0.1) is 0 Å². The van der Waals surface area contributed by atoms with Crippen LogP contribution in [-0.2, 0) is 16.5 Å². The fourth-order valence-corrected chi connectivity index (χ4v) is 3.47. The minimum atomic E-state index is -0.242. The largest absolute Gasteiger partial charge is 0.381 e. The molecule has 128 valence electrons. The van der Waals surface area contributed by atoms with Crippen LogP contribution in [0.25, 0.3) is 11.3 Å². The summed E-state index contributed by atoms with van der Waals surface area (Å²) in [5.41, 5.74) is 2.07. The van der Waals surface area contributed by atoms with Crippen LogP contribution >= 0.6 is 0 Å². The summed E-state index contributed by atoms with van der Waals surface area (Å²) in [7, 11) is 1.96. The van der Waals surface area contributed by atoms with Crippen LogP contribution in [0.15, 0.2) is 24.5 Å². The van der Waals surface area contributed by atoms with E-state index in [1.807, 2.05) is 41.0 Å². The number of carbonyl (C=O) groups excluding carboxylic acids is 1. The summed E-state index contributed by atoms with van der Waals surface area (Å²) < 4.78 is 13.4. The number of rotatable bonds is 2. The van der Waals surface area contributed by atoms with Gasteiger partial charge in [-0.25, -0.2) is 0 Å². The molecule has 2 aromatic rings. The van der Waals surface area contributed by atoms with E-state index in [0.29, 0.717) is 38.6 Å². The van der Waals surface area contributed by atoms with Gasteiger partial charge < -0.3 is 18.9 Å². The van der Waals surface area contributed by atoms with Crippen LogP contribution in [0.3, 0.4) is 0 Å². The molecule has 0 saturated carbocycles. The van der Waals surface area contributed by atoms with Crippen molar-refractivity contribution >= 4 is 5.91 Å². The molecule has 0 aliphatic carbocycles. The van der Waals surface area contributed by atoms with E-state index in [4.69, 9.17) is 9.47 Å². The quantitative estimate of drug-likeness (QED) is 0.904. The van der Waals surface area contributed by atoms with Gasteiger partial charge in [0.15, 0.2) is 0 Å². The monoisotopic (exact) mass is 330 g/mol. The number of aromatic amines is 1. The van der Waals surface area contributed by atoms with Gasteiger partial charge in [-0.2, -0.15) is 5.10 Å². The third-order valence-corrected chi connectivity index (χ3v) is 4.88. The topological polar surface area (TPSA) is 72.4 Å². The Morgan fingerprint density at radius 1 is 1.33 bits per heavy atom. The Morgan fingerprint density at radius 3 is 2.92 bits per heavy atom. The SMILES string of the molecule is Cn1ccc(-c2cc(C(=O)N3CCOC4(CCOCC4)C3)[nH]n2)c1. The molecule has 1 spiro atoms. The summed E-state index contributed by atoms with van der Waals surface area (Å²) in [5, 5.41) is 7.17. The number of hydrogen-bond acceptors (Lipinski definition) is 4. The van der Waals surface area contributed by atoms with Crippen LogP contribution < -0.4 is 0 Å². The van der Waals surface area contributed by atoms with Crippen molar-refractivity contribution < 1.29 is 14.3 Å². The molecule has 0 aromatic carbocycles. The number of aromatic nitrogens is 3. The Labute approximate surface area is 140 Å². The van der Waals surface area contributed by atoms with E-state index < -0.39 is 0 Å². The lowest BCUT2D eigenvalue weighted by Crippen LogP contribution is -2.55. The maximum absolute atomic E-state index is 12.8. The highest BCUT2D eigenvalue weighted by molar-refractivity contribution is 5.93. The first-order valence-electron chi connectivity index (χ1n) is 8.34. The molecule has 0 unspecified atom stereocenters. The van der Waals surface area contributed by atoms with Crippen molar-refractivity contribution in [2.24, 2.45) is 7.05 Å². The number of nitrogens with one attached hydrogen (secondary N) is 1. The zero-order valence-electron chi connectivity index (χ0n) is 13.8. The molecule has 0 radical (unpaired) electrons. The molecule has 7 heteroatoms. The van der Waals surface area contributed by atoms with Crippen molar-refractivity contribution in [3.05, 3.63) is 30.2 Å². The van der Waals surface area contributed by atoms with Crippen molar-refractivity contribution in [3.8, 4) is 11.3 Å². The van der Waals surface area contributed by atoms with Gasteiger partial charge in [-0.3, -0.25) is 9.89 Å². The Bertz CT molecular complexity index is 724. The molecule has 4 heterocycles. The number of H-pyrrole nitrogens is 1. The first-order chi connectivity index (χ1) is 11.7. The Balaban J connectivity index is 1.50. The first kappa shape index (κ1) is 15.4. The summed E-state index contributed by atoms with van der Waals surface area (Å²) in [5.74, 6) is -0.0150. The first-order valence-corrected chi connectivity index (χ1v) is 8.34. The molecule has 24 heavy (non-hydrogen) atoms. The van der Waals surface area contributed by atoms with Crippen LogP contribution in [0.2, 0.25) is 0 Å². The van der Waals surface area contributed by atoms with Gasteiger partial charge in [0.25, 0.3) is 5.91 Å². The summed E-state index contributed by atoms with van der Waals surface area (Å²) in [6.45, 7) is 3.20. The molecule has 2 fully saturated rings. The maximum atomic E-state index is 12.8. The number of ether oxygens (including phenoxy) is 2. The van der Waals surface area contributed by atoms with E-state index in [-0.39, 0.29) is 11.5 Å². The van der Waals surface area contributed by atoms with Gasteiger partial charge in [0, 0.05) is 57.6 Å². The van der Waals surface area contributed by atoms with E-state index in [0.717, 1.165) is 24.1 Å². The fraction of sp³-hybridized carbons (Fsp3) is 0.529. The second-order valence-electron chi connectivity index (χ2n) is 6.60. The van der Waals surface area contributed by atoms with E-state index in [1.165, 1.54) is 0 Å². The molecule has 2 aliphatic heterocycles. The number of nitrogens with zero attached hydrogens (tertiary/aromatic N) is 3. The third kappa shape index (κ3) is 2.85.